The number of alkyl halides is 5. The molecule has 0 aliphatic rings. The van der Waals surface area contributed by atoms with E-state index in [1.807, 2.05) is 5.32 Å². The molecule has 0 saturated carbocycles. The predicted octanol–water partition coefficient (Wildman–Crippen LogP) is 2.80. The van der Waals surface area contributed by atoms with Crippen molar-refractivity contribution < 1.29 is 36.4 Å². The standard InChI is InChI=1S/C13H12F5N3O3S/c1-3-19-9(22)12(14,15)11(2,23)7-5-4-6(25-7)8-20-10(24-21-8)13(16,17)18/h4-5,23H,3H2,1-2H3,(H,19,22). The number of hydrogen-bond acceptors (Lipinski definition) is 6. The fraction of sp³-hybridized carbons (Fsp3) is 0.462. The first-order valence-corrected chi connectivity index (χ1v) is 7.63. The van der Waals surface area contributed by atoms with Crippen LogP contribution < -0.4 is 5.32 Å². The van der Waals surface area contributed by atoms with Crippen molar-refractivity contribution in [3.63, 3.8) is 0 Å². The lowest BCUT2D eigenvalue weighted by Crippen LogP contribution is -2.53. The highest BCUT2D eigenvalue weighted by Crippen LogP contribution is 2.42. The molecule has 2 aromatic heterocycles. The normalized spacial score (nSPS) is 15.0. The number of carbonyl (C=O) groups is 1. The van der Waals surface area contributed by atoms with Crippen molar-refractivity contribution in [2.24, 2.45) is 0 Å². The number of nitrogens with zero attached hydrogens (tertiary/aromatic N) is 2. The minimum Gasteiger partial charge on any atom is -0.378 e. The first-order valence-electron chi connectivity index (χ1n) is 6.81. The van der Waals surface area contributed by atoms with Gasteiger partial charge in [0.05, 0.1) is 4.88 Å². The summed E-state index contributed by atoms with van der Waals surface area (Å²) in [5.74, 6) is -7.90. The number of aromatic nitrogens is 2. The van der Waals surface area contributed by atoms with Crippen molar-refractivity contribution in [2.75, 3.05) is 6.54 Å². The van der Waals surface area contributed by atoms with Gasteiger partial charge in [-0.15, -0.1) is 11.3 Å². The predicted molar refractivity (Wildman–Crippen MR) is 75.8 cm³/mol. The third kappa shape index (κ3) is 3.49. The van der Waals surface area contributed by atoms with E-state index < -0.39 is 35.3 Å². The van der Waals surface area contributed by atoms with Gasteiger partial charge in [0, 0.05) is 11.4 Å². The van der Waals surface area contributed by atoms with Crippen molar-refractivity contribution in [1.82, 2.24) is 15.5 Å². The summed E-state index contributed by atoms with van der Waals surface area (Å²) in [5.41, 5.74) is -2.88. The smallest absolute Gasteiger partial charge is 0.378 e. The third-order valence-corrected chi connectivity index (χ3v) is 4.50. The Morgan fingerprint density at radius 1 is 1.32 bits per heavy atom. The van der Waals surface area contributed by atoms with Crippen molar-refractivity contribution in [2.45, 2.75) is 31.5 Å². The minimum absolute atomic E-state index is 0.0405. The van der Waals surface area contributed by atoms with Gasteiger partial charge in [-0.3, -0.25) is 4.79 Å². The van der Waals surface area contributed by atoms with E-state index in [-0.39, 0.29) is 16.3 Å². The summed E-state index contributed by atoms with van der Waals surface area (Å²) in [6.07, 6.45) is -4.85. The van der Waals surface area contributed by atoms with Crippen LogP contribution in [-0.2, 0) is 16.6 Å². The zero-order valence-electron chi connectivity index (χ0n) is 12.8. The second-order valence-corrected chi connectivity index (χ2v) is 6.17. The maximum Gasteiger partial charge on any atom is 0.471 e. The van der Waals surface area contributed by atoms with Crippen LogP contribution in [-0.4, -0.2) is 33.6 Å². The largest absolute Gasteiger partial charge is 0.471 e. The molecule has 138 valence electrons. The van der Waals surface area contributed by atoms with Crippen molar-refractivity contribution in [3.05, 3.63) is 22.9 Å². The molecule has 2 heterocycles. The van der Waals surface area contributed by atoms with E-state index in [2.05, 4.69) is 14.7 Å². The van der Waals surface area contributed by atoms with E-state index in [0.717, 1.165) is 19.1 Å². The van der Waals surface area contributed by atoms with E-state index in [1.165, 1.54) is 6.92 Å². The number of thiophene rings is 1. The Kier molecular flexibility index (Phi) is 4.88. The Balaban J connectivity index is 2.34. The van der Waals surface area contributed by atoms with Gasteiger partial charge >= 0.3 is 18.0 Å². The van der Waals surface area contributed by atoms with E-state index in [0.29, 0.717) is 11.3 Å². The van der Waals surface area contributed by atoms with Crippen LogP contribution in [0.2, 0.25) is 0 Å². The molecule has 0 radical (unpaired) electrons. The van der Waals surface area contributed by atoms with Crippen LogP contribution in [0.15, 0.2) is 16.7 Å². The highest BCUT2D eigenvalue weighted by Gasteiger charge is 2.57. The van der Waals surface area contributed by atoms with E-state index >= 15 is 0 Å². The fourth-order valence-electron chi connectivity index (χ4n) is 1.81. The van der Waals surface area contributed by atoms with E-state index in [9.17, 15) is 31.9 Å². The summed E-state index contributed by atoms with van der Waals surface area (Å²) in [6.45, 7) is 2.10. The molecule has 0 aliphatic carbocycles. The molecule has 0 aromatic carbocycles. The molecule has 0 saturated heterocycles. The van der Waals surface area contributed by atoms with E-state index in [4.69, 9.17) is 0 Å². The quantitative estimate of drug-likeness (QED) is 0.773. The summed E-state index contributed by atoms with van der Waals surface area (Å²) >= 11 is 0.517. The van der Waals surface area contributed by atoms with Gasteiger partial charge in [-0.2, -0.15) is 26.9 Å². The topological polar surface area (TPSA) is 88.2 Å². The van der Waals surface area contributed by atoms with Crippen molar-refractivity contribution >= 4 is 17.2 Å². The molecular weight excluding hydrogens is 373 g/mol. The van der Waals surface area contributed by atoms with Crippen LogP contribution in [0, 0.1) is 0 Å². The average Bonchev–Trinajstić information content (AvgIpc) is 3.15. The molecule has 0 bridgehead atoms. The van der Waals surface area contributed by atoms with Crippen LogP contribution in [0.5, 0.6) is 0 Å². The zero-order chi connectivity index (χ0) is 19.0. The number of hydrogen-bond donors (Lipinski definition) is 2. The van der Waals surface area contributed by atoms with Gasteiger partial charge in [0.2, 0.25) is 5.82 Å². The fourth-order valence-corrected chi connectivity index (χ4v) is 2.82. The second kappa shape index (κ2) is 6.33. The maximum atomic E-state index is 14.2. The van der Waals surface area contributed by atoms with Gasteiger partial charge in [0.25, 0.3) is 5.91 Å². The molecule has 0 aliphatic heterocycles. The Morgan fingerprint density at radius 3 is 2.48 bits per heavy atom. The van der Waals surface area contributed by atoms with Crippen molar-refractivity contribution in [1.29, 1.82) is 0 Å². The van der Waals surface area contributed by atoms with Gasteiger partial charge in [0.15, 0.2) is 5.60 Å². The number of rotatable bonds is 5. The molecule has 0 spiro atoms. The molecule has 1 unspecified atom stereocenters. The summed E-state index contributed by atoms with van der Waals surface area (Å²) in [6, 6.07) is 2.20. The summed E-state index contributed by atoms with van der Waals surface area (Å²) in [5, 5.41) is 15.2. The summed E-state index contributed by atoms with van der Waals surface area (Å²) in [7, 11) is 0. The number of aliphatic hydroxyl groups is 1. The van der Waals surface area contributed by atoms with Crippen LogP contribution in [0.1, 0.15) is 24.6 Å². The number of amides is 1. The Bertz CT molecular complexity index is 769. The maximum absolute atomic E-state index is 14.2. The Labute approximate surface area is 141 Å². The van der Waals surface area contributed by atoms with Gasteiger partial charge in [0.1, 0.15) is 0 Å². The zero-order valence-corrected chi connectivity index (χ0v) is 13.6. The molecule has 25 heavy (non-hydrogen) atoms. The molecule has 0 fully saturated rings. The molecular formula is C13H12F5N3O3S. The second-order valence-electron chi connectivity index (χ2n) is 5.09. The number of carbonyl (C=O) groups excluding carboxylic acids is 1. The third-order valence-electron chi connectivity index (χ3n) is 3.21. The Hall–Kier alpha value is -2.08. The first-order chi connectivity index (χ1) is 11.4. The number of halogens is 5. The summed E-state index contributed by atoms with van der Waals surface area (Å²) in [4.78, 5) is 14.2. The van der Waals surface area contributed by atoms with Crippen molar-refractivity contribution in [3.8, 4) is 10.7 Å². The van der Waals surface area contributed by atoms with E-state index in [1.54, 1.807) is 0 Å². The van der Waals surface area contributed by atoms with Crippen LogP contribution >= 0.6 is 11.3 Å². The minimum atomic E-state index is -4.85. The Morgan fingerprint density at radius 2 is 1.96 bits per heavy atom. The first kappa shape index (κ1) is 19.2. The molecule has 2 N–H and O–H groups in total. The monoisotopic (exact) mass is 385 g/mol. The van der Waals surface area contributed by atoms with Gasteiger partial charge in [-0.05, 0) is 26.0 Å². The average molecular weight is 385 g/mol. The number of nitrogens with one attached hydrogen (secondary N) is 1. The molecule has 2 aromatic rings. The van der Waals surface area contributed by atoms with Crippen LogP contribution in [0.3, 0.4) is 0 Å². The van der Waals surface area contributed by atoms with Crippen LogP contribution in [0.4, 0.5) is 22.0 Å². The lowest BCUT2D eigenvalue weighted by Gasteiger charge is -2.30. The molecule has 2 rings (SSSR count). The molecule has 1 atom stereocenters. The molecule has 12 heteroatoms. The molecule has 6 nitrogen and oxygen atoms in total. The van der Waals surface area contributed by atoms with Gasteiger partial charge in [-0.25, -0.2) is 0 Å². The lowest BCUT2D eigenvalue weighted by atomic mass is 9.95. The van der Waals surface area contributed by atoms with Gasteiger partial charge in [-0.1, -0.05) is 5.16 Å². The SMILES string of the molecule is CCNC(=O)C(F)(F)C(C)(O)c1ccc(-c2noc(C(F)(F)F)n2)s1. The molecule has 1 amide bonds. The lowest BCUT2D eigenvalue weighted by molar-refractivity contribution is -0.190. The highest BCUT2D eigenvalue weighted by atomic mass is 32.1. The van der Waals surface area contributed by atoms with Gasteiger partial charge < -0.3 is 14.9 Å². The van der Waals surface area contributed by atoms with Crippen LogP contribution in [0.25, 0.3) is 10.7 Å². The summed E-state index contributed by atoms with van der Waals surface area (Å²) < 4.78 is 69.8. The highest BCUT2D eigenvalue weighted by molar-refractivity contribution is 7.15.